The Hall–Kier alpha value is -3.27. The van der Waals surface area contributed by atoms with Crippen molar-refractivity contribution in [2.75, 3.05) is 36.5 Å². The van der Waals surface area contributed by atoms with Gasteiger partial charge in [-0.2, -0.15) is 0 Å². The number of esters is 2. The number of carbonyl (C=O) groups is 3. The number of ether oxygens (including phenoxy) is 2. The second-order valence-corrected chi connectivity index (χ2v) is 7.93. The van der Waals surface area contributed by atoms with Gasteiger partial charge in [-0.1, -0.05) is 0 Å². The quantitative estimate of drug-likeness (QED) is 0.353. The molecule has 0 unspecified atom stereocenters. The van der Waals surface area contributed by atoms with Gasteiger partial charge in [-0.15, -0.1) is 21.6 Å². The van der Waals surface area contributed by atoms with Gasteiger partial charge in [0.1, 0.15) is 16.1 Å². The van der Waals surface area contributed by atoms with Crippen molar-refractivity contribution in [2.24, 2.45) is 10.2 Å². The summed E-state index contributed by atoms with van der Waals surface area (Å²) in [5, 5.41) is 11.6. The molecule has 1 aromatic carbocycles. The Balaban J connectivity index is 2.54. The summed E-state index contributed by atoms with van der Waals surface area (Å²) in [5.74, 6) is -1.36. The lowest BCUT2D eigenvalue weighted by atomic mass is 10.1. The van der Waals surface area contributed by atoms with Gasteiger partial charge in [-0.3, -0.25) is 4.79 Å². The third kappa shape index (κ3) is 6.38. The molecule has 0 aliphatic carbocycles. The van der Waals surface area contributed by atoms with Gasteiger partial charge in [-0.05, 0) is 58.4 Å². The maximum absolute atomic E-state index is 12.6. The van der Waals surface area contributed by atoms with E-state index < -0.39 is 11.9 Å². The van der Waals surface area contributed by atoms with E-state index in [1.165, 1.54) is 6.92 Å². The molecule has 2 aromatic rings. The topological polar surface area (TPSA) is 110 Å². The SMILES string of the molecule is CCOC(=O)c1sc(N=Nc2ccc(N(CC)CC)cc2NC(C)=O)c(C(=O)OCC)c1C. The second-order valence-electron chi connectivity index (χ2n) is 6.93. The van der Waals surface area contributed by atoms with E-state index in [1.807, 2.05) is 26.0 Å². The molecule has 1 amide bonds. The highest BCUT2D eigenvalue weighted by atomic mass is 32.1. The lowest BCUT2D eigenvalue weighted by Crippen LogP contribution is -2.21. The van der Waals surface area contributed by atoms with E-state index in [4.69, 9.17) is 9.47 Å². The molecule has 1 aromatic heterocycles. The number of anilines is 2. The first-order chi connectivity index (χ1) is 15.8. The van der Waals surface area contributed by atoms with E-state index >= 15 is 0 Å². The molecule has 9 nitrogen and oxygen atoms in total. The first-order valence-corrected chi connectivity index (χ1v) is 11.6. The smallest absolute Gasteiger partial charge is 0.348 e. The largest absolute Gasteiger partial charge is 0.462 e. The van der Waals surface area contributed by atoms with Crippen LogP contribution in [0, 0.1) is 6.92 Å². The van der Waals surface area contributed by atoms with Crippen LogP contribution < -0.4 is 10.2 Å². The van der Waals surface area contributed by atoms with Crippen LogP contribution in [0.5, 0.6) is 0 Å². The summed E-state index contributed by atoms with van der Waals surface area (Å²) in [6.07, 6.45) is 0. The maximum atomic E-state index is 12.6. The molecule has 0 aliphatic rings. The summed E-state index contributed by atoms with van der Waals surface area (Å²) in [7, 11) is 0. The summed E-state index contributed by atoms with van der Waals surface area (Å²) < 4.78 is 10.2. The molecule has 0 saturated carbocycles. The van der Waals surface area contributed by atoms with Crippen molar-refractivity contribution in [1.82, 2.24) is 0 Å². The third-order valence-corrected chi connectivity index (χ3v) is 5.89. The van der Waals surface area contributed by atoms with Crippen LogP contribution in [-0.2, 0) is 14.3 Å². The van der Waals surface area contributed by atoms with Crippen LogP contribution in [0.3, 0.4) is 0 Å². The Bertz CT molecular complexity index is 1040. The predicted octanol–water partition coefficient (Wildman–Crippen LogP) is 5.63. The molecule has 0 spiro atoms. The second kappa shape index (κ2) is 12.1. The molecule has 10 heteroatoms. The molecule has 0 atom stereocenters. The fraction of sp³-hybridized carbons (Fsp3) is 0.435. The van der Waals surface area contributed by atoms with Crippen LogP contribution in [0.2, 0.25) is 0 Å². The van der Waals surface area contributed by atoms with Gasteiger partial charge in [0, 0.05) is 25.7 Å². The minimum Gasteiger partial charge on any atom is -0.462 e. The molecule has 0 aliphatic heterocycles. The zero-order valence-electron chi connectivity index (χ0n) is 19.9. The number of azo groups is 1. The van der Waals surface area contributed by atoms with E-state index in [0.717, 1.165) is 30.1 Å². The minimum atomic E-state index is -0.588. The predicted molar refractivity (Wildman–Crippen MR) is 129 cm³/mol. The van der Waals surface area contributed by atoms with Crippen LogP contribution in [0.25, 0.3) is 0 Å². The van der Waals surface area contributed by atoms with E-state index in [2.05, 4.69) is 20.4 Å². The highest BCUT2D eigenvalue weighted by Gasteiger charge is 2.26. The molecule has 1 heterocycles. The van der Waals surface area contributed by atoms with Crippen molar-refractivity contribution in [2.45, 2.75) is 41.5 Å². The number of benzene rings is 1. The summed E-state index contributed by atoms with van der Waals surface area (Å²) in [5.41, 5.74) is 2.46. The van der Waals surface area contributed by atoms with E-state index in [0.29, 0.717) is 16.9 Å². The zero-order valence-corrected chi connectivity index (χ0v) is 20.7. The normalized spacial score (nSPS) is 10.8. The van der Waals surface area contributed by atoms with Gasteiger partial charge in [0.2, 0.25) is 5.91 Å². The molecule has 0 saturated heterocycles. The number of nitrogens with zero attached hydrogens (tertiary/aromatic N) is 3. The first-order valence-electron chi connectivity index (χ1n) is 10.8. The number of rotatable bonds is 10. The fourth-order valence-corrected chi connectivity index (χ4v) is 4.20. The average Bonchev–Trinajstić information content (AvgIpc) is 3.10. The number of hydrogen-bond donors (Lipinski definition) is 1. The Morgan fingerprint density at radius 2 is 1.64 bits per heavy atom. The zero-order chi connectivity index (χ0) is 24.5. The number of amides is 1. The minimum absolute atomic E-state index is 0.175. The molecular formula is C23H30N4O5S. The highest BCUT2D eigenvalue weighted by Crippen LogP contribution is 2.39. The van der Waals surface area contributed by atoms with Crippen LogP contribution in [-0.4, -0.2) is 44.1 Å². The molecule has 0 bridgehead atoms. The lowest BCUT2D eigenvalue weighted by Gasteiger charge is -2.22. The van der Waals surface area contributed by atoms with E-state index in [-0.39, 0.29) is 34.6 Å². The van der Waals surface area contributed by atoms with Gasteiger partial charge in [0.05, 0.1) is 18.9 Å². The standard InChI is InChI=1S/C23H30N4O5S/c1-7-27(8-2)16-11-12-17(18(13-16)24-15(6)28)25-26-21-19(22(29)31-9-3)14(5)20(33-21)23(30)32-10-4/h11-13H,7-10H2,1-6H3,(H,24,28). The number of nitrogens with one attached hydrogen (secondary N) is 1. The van der Waals surface area contributed by atoms with Gasteiger partial charge >= 0.3 is 11.9 Å². The van der Waals surface area contributed by atoms with Crippen molar-refractivity contribution in [3.05, 3.63) is 34.2 Å². The highest BCUT2D eigenvalue weighted by molar-refractivity contribution is 7.18. The molecule has 0 fully saturated rings. The van der Waals surface area contributed by atoms with Crippen molar-refractivity contribution in [3.63, 3.8) is 0 Å². The molecule has 33 heavy (non-hydrogen) atoms. The average molecular weight is 475 g/mol. The Labute approximate surface area is 197 Å². The lowest BCUT2D eigenvalue weighted by molar-refractivity contribution is -0.114. The van der Waals surface area contributed by atoms with Crippen molar-refractivity contribution < 1.29 is 23.9 Å². The van der Waals surface area contributed by atoms with Gasteiger partial charge in [0.15, 0.2) is 5.00 Å². The number of carbonyl (C=O) groups excluding carboxylic acids is 3. The van der Waals surface area contributed by atoms with Crippen LogP contribution in [0.4, 0.5) is 22.1 Å². The van der Waals surface area contributed by atoms with E-state index in [9.17, 15) is 14.4 Å². The summed E-state index contributed by atoms with van der Waals surface area (Å²) in [4.78, 5) is 39.1. The molecule has 2 rings (SSSR count). The molecular weight excluding hydrogens is 444 g/mol. The Kier molecular flexibility index (Phi) is 9.53. The van der Waals surface area contributed by atoms with E-state index in [1.54, 1.807) is 26.8 Å². The number of thiophene rings is 1. The monoisotopic (exact) mass is 474 g/mol. The molecule has 1 N–H and O–H groups in total. The van der Waals surface area contributed by atoms with Crippen molar-refractivity contribution in [1.29, 1.82) is 0 Å². The Morgan fingerprint density at radius 3 is 2.21 bits per heavy atom. The van der Waals surface area contributed by atoms with Crippen LogP contribution >= 0.6 is 11.3 Å². The molecule has 178 valence electrons. The summed E-state index contributed by atoms with van der Waals surface area (Å²) in [6, 6.07) is 5.47. The number of hydrogen-bond acceptors (Lipinski definition) is 9. The summed E-state index contributed by atoms with van der Waals surface area (Å²) >= 11 is 1.01. The fourth-order valence-electron chi connectivity index (χ4n) is 3.19. The third-order valence-electron chi connectivity index (χ3n) is 4.74. The van der Waals surface area contributed by atoms with Gasteiger partial charge < -0.3 is 19.7 Å². The first kappa shape index (κ1) is 26.0. The van der Waals surface area contributed by atoms with Gasteiger partial charge in [0.25, 0.3) is 0 Å². The van der Waals surface area contributed by atoms with Crippen LogP contribution in [0.15, 0.2) is 28.4 Å². The Morgan fingerprint density at radius 1 is 1.00 bits per heavy atom. The van der Waals surface area contributed by atoms with Crippen molar-refractivity contribution >= 4 is 51.2 Å². The summed E-state index contributed by atoms with van der Waals surface area (Å²) in [6.45, 7) is 12.6. The van der Waals surface area contributed by atoms with Crippen molar-refractivity contribution in [3.8, 4) is 0 Å². The van der Waals surface area contributed by atoms with Crippen LogP contribution in [0.1, 0.15) is 60.2 Å². The van der Waals surface area contributed by atoms with Gasteiger partial charge in [-0.25, -0.2) is 9.59 Å². The molecule has 0 radical (unpaired) electrons. The maximum Gasteiger partial charge on any atom is 0.348 e.